The van der Waals surface area contributed by atoms with E-state index in [0.29, 0.717) is 0 Å². The fourth-order valence-corrected chi connectivity index (χ4v) is 0. The second-order valence-electron chi connectivity index (χ2n) is 0.584. The fourth-order valence-electron chi connectivity index (χ4n) is 0. The summed E-state index contributed by atoms with van der Waals surface area (Å²) in [6, 6.07) is 0. The van der Waals surface area contributed by atoms with E-state index in [1.807, 2.05) is 0 Å². The van der Waals surface area contributed by atoms with E-state index in [0.717, 1.165) is 0 Å². The van der Waals surface area contributed by atoms with Crippen LogP contribution in [-0.2, 0) is 30.7 Å². The van der Waals surface area contributed by atoms with Gasteiger partial charge in [0.05, 0.1) is 5.78 Å². The molecule has 0 saturated carbocycles. The van der Waals surface area contributed by atoms with Gasteiger partial charge in [-0.2, -0.15) is 6.92 Å². The Labute approximate surface area is 62.3 Å². The first-order chi connectivity index (χ1) is 3.27. The molecule has 0 aliphatic carbocycles. The Morgan fingerprint density at radius 1 is 1.50 bits per heavy atom. The summed E-state index contributed by atoms with van der Waals surface area (Å²) in [5, 5.41) is 6.75. The van der Waals surface area contributed by atoms with E-state index in [9.17, 15) is 4.79 Å². The Bertz CT molecular complexity index is 62.3. The molecule has 0 aromatic heterocycles. The molecule has 0 aromatic carbocycles. The maximum atomic E-state index is 9.33. The van der Waals surface area contributed by atoms with Crippen molar-refractivity contribution >= 4 is 12.1 Å². The fraction of sp³-hybridized carbons (Fsp3) is 0. The Balaban J connectivity index is -0.0000000750. The summed E-state index contributed by atoms with van der Waals surface area (Å²) in [5.74, 6) is -0.676. The molecular weight excluding hydrogens is 280 g/mol. The second kappa shape index (κ2) is 15.8. The molecule has 0 saturated heterocycles. The second-order valence-corrected chi connectivity index (χ2v) is 0.584. The van der Waals surface area contributed by atoms with Gasteiger partial charge in [-0.25, -0.2) is 7.11 Å². The number of ketones is 1. The molecule has 8 heavy (non-hydrogen) atoms. The first-order valence-corrected chi connectivity index (χ1v) is 1.40. The van der Waals surface area contributed by atoms with Crippen LogP contribution in [0.15, 0.2) is 0 Å². The van der Waals surface area contributed by atoms with Gasteiger partial charge < -0.3 is 14.7 Å². The summed E-state index contributed by atoms with van der Waals surface area (Å²) in [7, 11) is 2.25. The van der Waals surface area contributed by atoms with Crippen molar-refractivity contribution in [2.24, 2.45) is 0 Å². The molecule has 0 amide bonds. The van der Waals surface area contributed by atoms with Gasteiger partial charge >= 0.3 is 21.1 Å². The summed E-state index contributed by atoms with van der Waals surface area (Å²) >= 11 is 0. The van der Waals surface area contributed by atoms with E-state index in [1.54, 1.807) is 0 Å². The van der Waals surface area contributed by atoms with Crippen LogP contribution in [0, 0.1) is 14.0 Å². The molecule has 0 unspecified atom stereocenters. The van der Waals surface area contributed by atoms with Gasteiger partial charge in [-0.15, -0.1) is 0 Å². The van der Waals surface area contributed by atoms with Gasteiger partial charge in [0.15, 0.2) is 0 Å². The molecule has 4 heteroatoms. The Kier molecular flexibility index (Phi) is 31.0. The quantitative estimate of drug-likeness (QED) is 0.410. The van der Waals surface area contributed by atoms with E-state index in [2.05, 4.69) is 14.0 Å². The number of hydrogen-bond donors (Lipinski definition) is 1. The van der Waals surface area contributed by atoms with Crippen LogP contribution in [0.25, 0.3) is 0 Å². The zero-order valence-electron chi connectivity index (χ0n) is 4.16. The summed E-state index contributed by atoms with van der Waals surface area (Å²) < 4.78 is 0. The molecule has 0 radical (unpaired) electrons. The number of aliphatic hydroxyl groups excluding tert-OH is 1. The van der Waals surface area contributed by atoms with Gasteiger partial charge in [0.1, 0.15) is 0 Å². The molecule has 0 aromatic rings. The minimum atomic E-state index is -0.676. The van der Waals surface area contributed by atoms with Gasteiger partial charge in [-0.1, -0.05) is 0 Å². The van der Waals surface area contributed by atoms with Crippen LogP contribution in [0.2, 0.25) is 0 Å². The number of aldehydes is 1. The first kappa shape index (κ1) is 15.7. The average Bonchev–Trinajstić information content (AvgIpc) is 1.73. The molecule has 3 nitrogen and oxygen atoms in total. The average molecular weight is 286 g/mol. The van der Waals surface area contributed by atoms with Crippen LogP contribution in [0.4, 0.5) is 0 Å². The van der Waals surface area contributed by atoms with E-state index in [-0.39, 0.29) is 27.4 Å². The summed E-state index contributed by atoms with van der Waals surface area (Å²) in [6.45, 7) is 2.75. The van der Waals surface area contributed by atoms with Crippen LogP contribution < -0.4 is 0 Å². The van der Waals surface area contributed by atoms with Gasteiger partial charge in [-0.3, -0.25) is 0 Å². The van der Waals surface area contributed by atoms with Crippen LogP contribution in [0.3, 0.4) is 0 Å². The molecule has 0 aliphatic rings. The molecule has 0 rings (SSSR count). The van der Waals surface area contributed by atoms with Crippen molar-refractivity contribution in [1.82, 2.24) is 0 Å². The molecule has 0 atom stereocenters. The normalized spacial score (nSPS) is 4.75. The number of Topliss-reactive ketones (excluding diaryl/α,β-unsaturated/α-hetero) is 1. The van der Waals surface area contributed by atoms with E-state index in [4.69, 9.17) is 9.90 Å². The number of aliphatic hydroxyl groups is 1. The molecule has 0 heterocycles. The Hall–Kier alpha value is -0.142. The Morgan fingerprint density at radius 3 is 1.62 bits per heavy atom. The van der Waals surface area contributed by atoms with Gasteiger partial charge in [0.2, 0.25) is 0 Å². The number of hydrogen-bond acceptors (Lipinski definition) is 3. The van der Waals surface area contributed by atoms with Crippen LogP contribution in [-0.4, -0.2) is 17.2 Å². The van der Waals surface area contributed by atoms with Crippen molar-refractivity contribution < 1.29 is 35.8 Å². The monoisotopic (exact) mass is 286 g/mol. The minimum Gasteiger partial charge on any atom is -0.569 e. The zero-order valence-corrected chi connectivity index (χ0v) is 7.10. The summed E-state index contributed by atoms with van der Waals surface area (Å²) in [4.78, 5) is 18.4. The topological polar surface area (TPSA) is 54.4 Å². The van der Waals surface area contributed by atoms with E-state index < -0.39 is 5.78 Å². The molecule has 0 spiro atoms. The molecular formula is C4H6O3W. The zero-order chi connectivity index (χ0) is 6.28. The largest absolute Gasteiger partial charge is 2.00 e. The first-order valence-electron chi connectivity index (χ1n) is 1.40. The van der Waals surface area contributed by atoms with Crippen LogP contribution in [0.5, 0.6) is 0 Å². The third kappa shape index (κ3) is 40.0. The van der Waals surface area contributed by atoms with Gasteiger partial charge in [-0.05, 0) is 0 Å². The molecule has 1 N–H and O–H groups in total. The SMILES string of the molecule is [CH2-]C(=O)C=O.[CH2-]O.[W+2]. The summed E-state index contributed by atoms with van der Waals surface area (Å²) in [6.07, 6.45) is 0.167. The third-order valence-electron chi connectivity index (χ3n) is 0.131. The van der Waals surface area contributed by atoms with Crippen molar-refractivity contribution in [2.75, 3.05) is 0 Å². The van der Waals surface area contributed by atoms with Crippen LogP contribution in [0.1, 0.15) is 0 Å². The van der Waals surface area contributed by atoms with E-state index in [1.165, 1.54) is 0 Å². The number of carbonyl (C=O) groups is 2. The Morgan fingerprint density at radius 2 is 1.62 bits per heavy atom. The maximum absolute atomic E-state index is 9.33. The number of carbonyl (C=O) groups excluding carboxylic acids is 2. The van der Waals surface area contributed by atoms with Gasteiger partial charge in [0.25, 0.3) is 0 Å². The molecule has 0 bridgehead atoms. The number of rotatable bonds is 1. The van der Waals surface area contributed by atoms with Crippen LogP contribution >= 0.6 is 0 Å². The van der Waals surface area contributed by atoms with Crippen molar-refractivity contribution in [3.63, 3.8) is 0 Å². The van der Waals surface area contributed by atoms with Crippen molar-refractivity contribution in [3.05, 3.63) is 14.0 Å². The van der Waals surface area contributed by atoms with Gasteiger partial charge in [0, 0.05) is 6.29 Å². The molecule has 0 aliphatic heterocycles. The molecule has 46 valence electrons. The van der Waals surface area contributed by atoms with Crippen molar-refractivity contribution in [1.29, 1.82) is 0 Å². The molecule has 0 fully saturated rings. The maximum Gasteiger partial charge on any atom is 2.00 e. The minimum absolute atomic E-state index is 0. The van der Waals surface area contributed by atoms with E-state index >= 15 is 0 Å². The third-order valence-corrected chi connectivity index (χ3v) is 0.131. The smallest absolute Gasteiger partial charge is 0.569 e. The van der Waals surface area contributed by atoms with Crippen molar-refractivity contribution in [3.8, 4) is 0 Å². The predicted octanol–water partition coefficient (Wildman–Crippen LogP) is -0.264. The summed E-state index contributed by atoms with van der Waals surface area (Å²) in [5.41, 5.74) is 0. The standard InChI is InChI=1S/C3H3O2.CH3O.W/c1-3(5)2-4;1-2;/h2H,1H2;2H,1H2;/q2*-1;+2. The van der Waals surface area contributed by atoms with Crippen molar-refractivity contribution in [2.45, 2.75) is 0 Å². The predicted molar refractivity (Wildman–Crippen MR) is 23.7 cm³/mol.